The topological polar surface area (TPSA) is 116 Å². The van der Waals surface area contributed by atoms with Crippen molar-refractivity contribution >= 4 is 17.7 Å². The first kappa shape index (κ1) is 14.8. The van der Waals surface area contributed by atoms with Crippen LogP contribution in [0.3, 0.4) is 0 Å². The Kier molecular flexibility index (Phi) is 4.39. The van der Waals surface area contributed by atoms with Gasteiger partial charge in [0.2, 0.25) is 0 Å². The molecule has 0 fully saturated rings. The van der Waals surface area contributed by atoms with E-state index in [1.807, 2.05) is 0 Å². The van der Waals surface area contributed by atoms with Crippen LogP contribution in [0.5, 0.6) is 0 Å². The van der Waals surface area contributed by atoms with E-state index < -0.39 is 17.9 Å². The molecule has 8 heteroatoms. The zero-order valence-electron chi connectivity index (χ0n) is 11.4. The van der Waals surface area contributed by atoms with Gasteiger partial charge in [-0.05, 0) is 24.6 Å². The van der Waals surface area contributed by atoms with Crippen molar-refractivity contribution in [1.82, 2.24) is 15.5 Å². The normalized spacial score (nSPS) is 12.0. The summed E-state index contributed by atoms with van der Waals surface area (Å²) in [7, 11) is 0. The number of H-pyrrole nitrogens is 1. The highest BCUT2D eigenvalue weighted by Gasteiger charge is 2.16. The smallest absolute Gasteiger partial charge is 0.321 e. The first-order valence-electron chi connectivity index (χ1n) is 6.25. The van der Waals surface area contributed by atoms with Crippen molar-refractivity contribution in [3.05, 3.63) is 41.2 Å². The molecule has 0 radical (unpaired) electrons. The van der Waals surface area contributed by atoms with Gasteiger partial charge in [-0.2, -0.15) is 5.10 Å². The van der Waals surface area contributed by atoms with Gasteiger partial charge >= 0.3 is 6.03 Å². The van der Waals surface area contributed by atoms with E-state index in [0.29, 0.717) is 22.8 Å². The maximum atomic E-state index is 13.2. The van der Waals surface area contributed by atoms with Gasteiger partial charge in [-0.3, -0.25) is 10.4 Å². The molecule has 1 atom stereocenters. The first-order valence-corrected chi connectivity index (χ1v) is 6.25. The van der Waals surface area contributed by atoms with Gasteiger partial charge in [0.15, 0.2) is 5.82 Å². The molecule has 112 valence electrons. The SMILES string of the molecule is Cc1c(NC(=O)NC(CO)c2cccc(F)c2)n[nH]c1N. The molecule has 0 saturated carbocycles. The molecular weight excluding hydrogens is 277 g/mol. The molecule has 1 unspecified atom stereocenters. The van der Waals surface area contributed by atoms with Crippen molar-refractivity contribution in [2.75, 3.05) is 17.7 Å². The Labute approximate surface area is 120 Å². The van der Waals surface area contributed by atoms with Crippen molar-refractivity contribution in [3.63, 3.8) is 0 Å². The Hall–Kier alpha value is -2.61. The van der Waals surface area contributed by atoms with Crippen LogP contribution >= 0.6 is 0 Å². The number of urea groups is 1. The molecule has 2 amide bonds. The molecule has 1 heterocycles. The Bertz CT molecular complexity index is 643. The van der Waals surface area contributed by atoms with Crippen molar-refractivity contribution in [1.29, 1.82) is 0 Å². The number of nitrogens with one attached hydrogen (secondary N) is 3. The third-order valence-electron chi connectivity index (χ3n) is 3.02. The number of nitrogen functional groups attached to an aromatic ring is 1. The van der Waals surface area contributed by atoms with Crippen LogP contribution in [0.25, 0.3) is 0 Å². The number of aromatic amines is 1. The summed E-state index contributed by atoms with van der Waals surface area (Å²) in [6.45, 7) is 1.34. The van der Waals surface area contributed by atoms with Crippen molar-refractivity contribution in [3.8, 4) is 0 Å². The monoisotopic (exact) mass is 293 g/mol. The van der Waals surface area contributed by atoms with E-state index in [4.69, 9.17) is 5.73 Å². The molecule has 6 N–H and O–H groups in total. The molecule has 2 aromatic rings. The summed E-state index contributed by atoms with van der Waals surface area (Å²) in [5, 5.41) is 20.7. The summed E-state index contributed by atoms with van der Waals surface area (Å²) in [6.07, 6.45) is 0. The third kappa shape index (κ3) is 3.48. The molecule has 0 bridgehead atoms. The van der Waals surface area contributed by atoms with Crippen LogP contribution in [-0.4, -0.2) is 27.9 Å². The van der Waals surface area contributed by atoms with E-state index in [1.54, 1.807) is 13.0 Å². The van der Waals surface area contributed by atoms with E-state index in [0.717, 1.165) is 0 Å². The van der Waals surface area contributed by atoms with E-state index in [-0.39, 0.29) is 6.61 Å². The molecule has 21 heavy (non-hydrogen) atoms. The van der Waals surface area contributed by atoms with Gasteiger partial charge in [0.1, 0.15) is 11.6 Å². The summed E-state index contributed by atoms with van der Waals surface area (Å²) in [6, 6.07) is 4.35. The molecule has 7 nitrogen and oxygen atoms in total. The number of hydrogen-bond donors (Lipinski definition) is 5. The number of nitrogens with zero attached hydrogens (tertiary/aromatic N) is 1. The number of aliphatic hydroxyl groups is 1. The third-order valence-corrected chi connectivity index (χ3v) is 3.02. The van der Waals surface area contributed by atoms with Gasteiger partial charge < -0.3 is 16.2 Å². The van der Waals surface area contributed by atoms with Gasteiger partial charge in [-0.1, -0.05) is 12.1 Å². The number of nitrogens with two attached hydrogens (primary N) is 1. The van der Waals surface area contributed by atoms with Crippen LogP contribution in [0.15, 0.2) is 24.3 Å². The van der Waals surface area contributed by atoms with Gasteiger partial charge in [-0.15, -0.1) is 0 Å². The molecule has 0 aliphatic heterocycles. The minimum absolute atomic E-state index is 0.293. The number of anilines is 2. The van der Waals surface area contributed by atoms with Gasteiger partial charge in [0.05, 0.1) is 12.6 Å². The molecule has 0 aliphatic rings. The maximum absolute atomic E-state index is 13.2. The average molecular weight is 293 g/mol. The molecule has 1 aromatic heterocycles. The average Bonchev–Trinajstić information content (AvgIpc) is 2.77. The minimum atomic E-state index is -0.725. The Morgan fingerprint density at radius 1 is 1.57 bits per heavy atom. The van der Waals surface area contributed by atoms with Gasteiger partial charge in [-0.25, -0.2) is 9.18 Å². The summed E-state index contributed by atoms with van der Waals surface area (Å²) < 4.78 is 13.2. The van der Waals surface area contributed by atoms with Gasteiger partial charge in [0.25, 0.3) is 0 Å². The van der Waals surface area contributed by atoms with E-state index in [2.05, 4.69) is 20.8 Å². The highest BCUT2D eigenvalue weighted by molar-refractivity contribution is 5.89. The number of aliphatic hydroxyl groups excluding tert-OH is 1. The second kappa shape index (κ2) is 6.23. The van der Waals surface area contributed by atoms with Crippen LogP contribution in [0.1, 0.15) is 17.2 Å². The number of rotatable bonds is 4. The number of amides is 2. The number of aromatic nitrogens is 2. The highest BCUT2D eigenvalue weighted by Crippen LogP contribution is 2.17. The lowest BCUT2D eigenvalue weighted by atomic mass is 10.1. The van der Waals surface area contributed by atoms with Gasteiger partial charge in [0, 0.05) is 5.56 Å². The zero-order valence-corrected chi connectivity index (χ0v) is 11.4. The lowest BCUT2D eigenvalue weighted by molar-refractivity contribution is 0.225. The highest BCUT2D eigenvalue weighted by atomic mass is 19.1. The first-order chi connectivity index (χ1) is 10.0. The second-order valence-electron chi connectivity index (χ2n) is 4.50. The molecular formula is C13H16FN5O2. The van der Waals surface area contributed by atoms with Crippen LogP contribution in [0.2, 0.25) is 0 Å². The number of halogens is 1. The maximum Gasteiger partial charge on any atom is 0.321 e. The summed E-state index contributed by atoms with van der Waals surface area (Å²) >= 11 is 0. The zero-order chi connectivity index (χ0) is 15.4. The molecule has 0 saturated heterocycles. The summed E-state index contributed by atoms with van der Waals surface area (Å²) in [5.41, 5.74) is 6.65. The van der Waals surface area contributed by atoms with Crippen LogP contribution in [0, 0.1) is 12.7 Å². The standard InChI is InChI=1S/C13H16FN5O2/c1-7-11(15)18-19-12(7)17-13(21)16-10(6-20)8-3-2-4-9(14)5-8/h2-5,10,20H,6H2,1H3,(H5,15,16,17,18,19,21). The molecule has 0 spiro atoms. The van der Waals surface area contributed by atoms with Crippen LogP contribution in [-0.2, 0) is 0 Å². The number of benzene rings is 1. The summed E-state index contributed by atoms with van der Waals surface area (Å²) in [5.74, 6) is 0.208. The Morgan fingerprint density at radius 2 is 2.33 bits per heavy atom. The van der Waals surface area contributed by atoms with Crippen molar-refractivity contribution in [2.24, 2.45) is 0 Å². The molecule has 1 aromatic carbocycles. The second-order valence-corrected chi connectivity index (χ2v) is 4.50. The number of hydrogen-bond acceptors (Lipinski definition) is 4. The Morgan fingerprint density at radius 3 is 2.90 bits per heavy atom. The van der Waals surface area contributed by atoms with E-state index in [1.165, 1.54) is 18.2 Å². The lowest BCUT2D eigenvalue weighted by Crippen LogP contribution is -2.34. The fourth-order valence-electron chi connectivity index (χ4n) is 1.79. The number of carbonyl (C=O) groups excluding carboxylic acids is 1. The van der Waals surface area contributed by atoms with Crippen molar-refractivity contribution < 1.29 is 14.3 Å². The van der Waals surface area contributed by atoms with Crippen molar-refractivity contribution in [2.45, 2.75) is 13.0 Å². The predicted molar refractivity (Wildman–Crippen MR) is 76.1 cm³/mol. The number of carbonyl (C=O) groups is 1. The molecule has 2 rings (SSSR count). The Balaban J connectivity index is 2.05. The minimum Gasteiger partial charge on any atom is -0.394 e. The fraction of sp³-hybridized carbons (Fsp3) is 0.231. The summed E-state index contributed by atoms with van der Waals surface area (Å²) in [4.78, 5) is 11.9. The predicted octanol–water partition coefficient (Wildman–Crippen LogP) is 1.29. The largest absolute Gasteiger partial charge is 0.394 e. The van der Waals surface area contributed by atoms with E-state index >= 15 is 0 Å². The fourth-order valence-corrected chi connectivity index (χ4v) is 1.79. The van der Waals surface area contributed by atoms with Crippen LogP contribution in [0.4, 0.5) is 20.8 Å². The van der Waals surface area contributed by atoms with Crippen LogP contribution < -0.4 is 16.4 Å². The quantitative estimate of drug-likeness (QED) is 0.584. The lowest BCUT2D eigenvalue weighted by Gasteiger charge is -2.17. The van der Waals surface area contributed by atoms with E-state index in [9.17, 15) is 14.3 Å². The molecule has 0 aliphatic carbocycles.